The molecule has 0 saturated heterocycles. The molecule has 52 heavy (non-hydrogen) atoms. The van der Waals surface area contributed by atoms with Crippen molar-refractivity contribution in [2.24, 2.45) is 0 Å². The number of halogens is 1. The molecule has 8 aromatic rings. The normalized spacial score (nSPS) is 12.0. The van der Waals surface area contributed by atoms with Crippen LogP contribution < -0.4 is 4.40 Å². The molecule has 0 bridgehead atoms. The zero-order valence-electron chi connectivity index (χ0n) is 31.4. The van der Waals surface area contributed by atoms with Crippen molar-refractivity contribution in [3.63, 3.8) is 0 Å². The predicted molar refractivity (Wildman–Crippen MR) is 210 cm³/mol. The van der Waals surface area contributed by atoms with Crippen molar-refractivity contribution < 1.29 is 30.3 Å². The van der Waals surface area contributed by atoms with Gasteiger partial charge in [-0.1, -0.05) is 59.2 Å². The van der Waals surface area contributed by atoms with Crippen LogP contribution in [0.3, 0.4) is 0 Å². The summed E-state index contributed by atoms with van der Waals surface area (Å²) in [6.07, 6.45) is 1.85. The van der Waals surface area contributed by atoms with E-state index in [-0.39, 0.29) is 25.9 Å². The summed E-state index contributed by atoms with van der Waals surface area (Å²) < 4.78 is 32.1. The summed E-state index contributed by atoms with van der Waals surface area (Å²) in [4.78, 5) is 14.0. The molecule has 0 atom stereocenters. The van der Waals surface area contributed by atoms with Crippen molar-refractivity contribution in [2.75, 3.05) is 0 Å². The zero-order valence-corrected chi connectivity index (χ0v) is 34.9. The van der Waals surface area contributed by atoms with E-state index in [0.717, 1.165) is 67.7 Å². The van der Waals surface area contributed by atoms with Gasteiger partial charge < -0.3 is 8.98 Å². The number of pyridine rings is 2. The van der Waals surface area contributed by atoms with E-state index in [1.807, 2.05) is 63.4 Å². The molecular formula is C44H41FGeIrN4O-2. The Morgan fingerprint density at radius 3 is 2.38 bits per heavy atom. The van der Waals surface area contributed by atoms with E-state index >= 15 is 0 Å². The fraction of sp³-hybridized carbons (Fsp3) is 0.205. The molecular weight excluding hydrogens is 884 g/mol. The smallest absolute Gasteiger partial charge is 0 e. The number of benzene rings is 4. The van der Waals surface area contributed by atoms with E-state index in [9.17, 15) is 4.39 Å². The summed E-state index contributed by atoms with van der Waals surface area (Å²) in [5, 5.41) is 2.06. The average Bonchev–Trinajstić information content (AvgIpc) is 3.69. The Morgan fingerprint density at radius 1 is 0.923 bits per heavy atom. The molecule has 0 spiro atoms. The van der Waals surface area contributed by atoms with E-state index < -0.39 is 19.2 Å². The van der Waals surface area contributed by atoms with Gasteiger partial charge in [0.2, 0.25) is 5.71 Å². The molecule has 0 saturated carbocycles. The van der Waals surface area contributed by atoms with Gasteiger partial charge in [-0.15, -0.1) is 12.1 Å². The molecule has 0 fully saturated rings. The molecule has 0 N–H and O–H groups in total. The number of rotatable bonds is 6. The summed E-state index contributed by atoms with van der Waals surface area (Å²) in [5.74, 6) is 6.65. The van der Waals surface area contributed by atoms with Gasteiger partial charge in [0.05, 0.1) is 22.4 Å². The molecule has 4 aromatic heterocycles. The minimum absolute atomic E-state index is 0. The molecule has 0 unspecified atom stereocenters. The standard InChI is InChI=1S/C27H20N3O.C17H21FGeN.Ir/c1-3-30-23-12-8-7-11-22(23)29-26(30)21-16-15-19(18-9-5-4-6-10-18)24-20-14-13-17(2)28-27(20)31-25(21)24;1-12(2)14-10-17(13-8-6-7-9-15(13)18)20-11-16(14)19(3,4)5;/h4-15H,3H2,1-2H3;6-7,9-12H,1-5H3;/q2*-1;/i;12D;. The van der Waals surface area contributed by atoms with Crippen molar-refractivity contribution in [1.29, 1.82) is 0 Å². The first-order valence-corrected chi connectivity index (χ1v) is 24.6. The number of para-hydroxylation sites is 2. The number of hydrogen-bond acceptors (Lipinski definition) is 4. The summed E-state index contributed by atoms with van der Waals surface area (Å²) in [7, 11) is 0. The Kier molecular flexibility index (Phi) is 10.6. The van der Waals surface area contributed by atoms with Gasteiger partial charge in [-0.05, 0) is 43.5 Å². The van der Waals surface area contributed by atoms with Gasteiger partial charge in [0.15, 0.2) is 0 Å². The first-order valence-electron chi connectivity index (χ1n) is 17.8. The SMILES string of the molecule is CCn1c(-c2[c-]cc(-c3ccccc3)c3c2oc2nc(C)ccc23)nc2ccccc21.[2H]C(C)(C)c1cc(-c2[c-]cccc2F)nc[c]1[Ge]([CH3])([CH3])[CH3].[Ir]. The number of aromatic nitrogens is 4. The Balaban J connectivity index is 0.000000193. The maximum atomic E-state index is 13.9. The van der Waals surface area contributed by atoms with Gasteiger partial charge in [0.1, 0.15) is 0 Å². The molecule has 0 amide bonds. The topological polar surface area (TPSA) is 56.7 Å². The first kappa shape index (κ1) is 36.0. The molecule has 0 aliphatic heterocycles. The first-order chi connectivity index (χ1) is 24.8. The quantitative estimate of drug-likeness (QED) is 0.123. The number of aryl methyl sites for hydroxylation is 2. The fourth-order valence-corrected chi connectivity index (χ4v) is 9.93. The average molecular weight is 927 g/mol. The maximum absolute atomic E-state index is 13.9. The van der Waals surface area contributed by atoms with Gasteiger partial charge in [-0.25, -0.2) is 4.98 Å². The van der Waals surface area contributed by atoms with Crippen LogP contribution in [0.2, 0.25) is 17.3 Å². The number of imidazole rings is 1. The van der Waals surface area contributed by atoms with E-state index in [1.165, 1.54) is 10.5 Å². The minimum atomic E-state index is -2.14. The van der Waals surface area contributed by atoms with E-state index in [4.69, 9.17) is 10.8 Å². The number of nitrogens with zero attached hydrogens (tertiary/aromatic N) is 4. The molecule has 265 valence electrons. The Bertz CT molecular complexity index is 2570. The molecule has 0 aliphatic rings. The molecule has 4 heterocycles. The van der Waals surface area contributed by atoms with Crippen molar-refractivity contribution in [1.82, 2.24) is 19.5 Å². The summed E-state index contributed by atoms with van der Waals surface area (Å²) in [5.41, 5.74) is 9.39. The van der Waals surface area contributed by atoms with Crippen LogP contribution in [0.4, 0.5) is 4.39 Å². The van der Waals surface area contributed by atoms with Crippen LogP contribution in [0.25, 0.3) is 66.9 Å². The molecule has 0 aliphatic carbocycles. The van der Waals surface area contributed by atoms with Crippen molar-refractivity contribution >= 4 is 50.8 Å². The van der Waals surface area contributed by atoms with Crippen LogP contribution in [0, 0.1) is 24.9 Å². The second-order valence-corrected chi connectivity index (χ2v) is 24.6. The molecule has 8 heteroatoms. The van der Waals surface area contributed by atoms with Crippen molar-refractivity contribution in [2.45, 2.75) is 57.4 Å². The second-order valence-electron chi connectivity index (χ2n) is 14.0. The van der Waals surface area contributed by atoms with Crippen molar-refractivity contribution in [3.05, 3.63) is 132 Å². The maximum Gasteiger partial charge on any atom is 0 e. The number of furan rings is 1. The number of fused-ring (bicyclic) bond motifs is 4. The second kappa shape index (κ2) is 15.3. The molecule has 4 aromatic carbocycles. The van der Waals surface area contributed by atoms with Gasteiger partial charge >= 0.3 is 125 Å². The van der Waals surface area contributed by atoms with Crippen LogP contribution in [0.15, 0.2) is 108 Å². The monoisotopic (exact) mass is 928 g/mol. The third-order valence-electron chi connectivity index (χ3n) is 9.14. The summed E-state index contributed by atoms with van der Waals surface area (Å²) in [6.45, 7) is 8.66. The van der Waals surface area contributed by atoms with Crippen LogP contribution >= 0.6 is 0 Å². The van der Waals surface area contributed by atoms with Gasteiger partial charge in [0.25, 0.3) is 0 Å². The fourth-order valence-electron chi connectivity index (χ4n) is 6.61. The molecule has 1 radical (unpaired) electrons. The minimum Gasteiger partial charge on any atom is 0 e. The summed E-state index contributed by atoms with van der Waals surface area (Å²) >= 11 is -2.14. The van der Waals surface area contributed by atoms with Gasteiger partial charge in [0, 0.05) is 37.7 Å². The molecule has 8 rings (SSSR count). The number of hydrogen-bond donors (Lipinski definition) is 0. The Morgan fingerprint density at radius 2 is 1.67 bits per heavy atom. The molecule has 5 nitrogen and oxygen atoms in total. The van der Waals surface area contributed by atoms with Gasteiger partial charge in [-0.3, -0.25) is 4.98 Å². The Hall–Kier alpha value is -4.43. The van der Waals surface area contributed by atoms with E-state index in [2.05, 4.69) is 93.3 Å². The van der Waals surface area contributed by atoms with Crippen molar-refractivity contribution in [3.8, 4) is 33.8 Å². The van der Waals surface area contributed by atoms with Crippen LogP contribution in [-0.4, -0.2) is 32.8 Å². The van der Waals surface area contributed by atoms with Crippen LogP contribution in [0.1, 0.15) is 39.3 Å². The Labute approximate surface area is 322 Å². The third-order valence-corrected chi connectivity index (χ3v) is 13.4. The van der Waals surface area contributed by atoms with Crippen LogP contribution in [-0.2, 0) is 26.7 Å². The van der Waals surface area contributed by atoms with Gasteiger partial charge in [-0.2, -0.15) is 0 Å². The van der Waals surface area contributed by atoms with E-state index in [0.29, 0.717) is 17.0 Å². The van der Waals surface area contributed by atoms with Crippen LogP contribution in [0.5, 0.6) is 0 Å². The largest absolute Gasteiger partial charge is 0 e. The summed E-state index contributed by atoms with van der Waals surface area (Å²) in [6, 6.07) is 37.8. The predicted octanol–water partition coefficient (Wildman–Crippen LogP) is 11.1. The van der Waals surface area contributed by atoms with E-state index in [1.54, 1.807) is 12.1 Å². The zero-order chi connectivity index (χ0) is 36.8. The third kappa shape index (κ3) is 7.14.